The van der Waals surface area contributed by atoms with E-state index < -0.39 is 0 Å². The molecule has 1 amide bonds. The molecule has 0 aliphatic carbocycles. The fourth-order valence-electron chi connectivity index (χ4n) is 1.15. The van der Waals surface area contributed by atoms with Crippen LogP contribution in [-0.4, -0.2) is 12.5 Å². The Bertz CT molecular complexity index is 271. The number of rotatable bonds is 4. The van der Waals surface area contributed by atoms with Crippen molar-refractivity contribution in [1.82, 2.24) is 5.32 Å². The van der Waals surface area contributed by atoms with Gasteiger partial charge in [0.05, 0.1) is 0 Å². The van der Waals surface area contributed by atoms with E-state index in [9.17, 15) is 9.18 Å². The van der Waals surface area contributed by atoms with E-state index >= 15 is 0 Å². The van der Waals surface area contributed by atoms with Crippen molar-refractivity contribution in [2.75, 3.05) is 0 Å². The van der Waals surface area contributed by atoms with Gasteiger partial charge >= 0.3 is 0 Å². The lowest BCUT2D eigenvalue weighted by Gasteiger charge is -2.09. The summed E-state index contributed by atoms with van der Waals surface area (Å²) in [5, 5.41) is 2.63. The van der Waals surface area contributed by atoms with E-state index in [0.29, 0.717) is 6.41 Å². The van der Waals surface area contributed by atoms with Gasteiger partial charge in [0.15, 0.2) is 0 Å². The van der Waals surface area contributed by atoms with Crippen LogP contribution in [0.5, 0.6) is 0 Å². The van der Waals surface area contributed by atoms with Gasteiger partial charge in [-0.25, -0.2) is 4.39 Å². The molecular weight excluding hydrogens is 193 g/mol. The summed E-state index contributed by atoms with van der Waals surface area (Å²) in [6.07, 6.45) is 1.40. The molecule has 2 nitrogen and oxygen atoms in total. The highest BCUT2D eigenvalue weighted by Gasteiger charge is 2.01. The molecule has 0 aromatic heterocycles. The lowest BCUT2D eigenvalue weighted by atomic mass is 10.1. The SMILES string of the molecule is CC.CC(Cc1ccc(F)cc1)NC=O. The molecule has 1 rings (SSSR count). The molecule has 1 unspecified atom stereocenters. The second kappa shape index (κ2) is 7.97. The van der Waals surface area contributed by atoms with Crippen LogP contribution in [0.4, 0.5) is 4.39 Å². The van der Waals surface area contributed by atoms with Gasteiger partial charge in [0.2, 0.25) is 6.41 Å². The first-order valence-electron chi connectivity index (χ1n) is 5.16. The number of benzene rings is 1. The van der Waals surface area contributed by atoms with Crippen LogP contribution in [0.2, 0.25) is 0 Å². The van der Waals surface area contributed by atoms with Gasteiger partial charge in [0.1, 0.15) is 5.82 Å². The second-order valence-electron chi connectivity index (χ2n) is 3.02. The molecule has 0 heterocycles. The lowest BCUT2D eigenvalue weighted by molar-refractivity contribution is -0.110. The van der Waals surface area contributed by atoms with Crippen molar-refractivity contribution < 1.29 is 9.18 Å². The van der Waals surface area contributed by atoms with Crippen LogP contribution in [0.15, 0.2) is 24.3 Å². The Labute approximate surface area is 90.5 Å². The summed E-state index contributed by atoms with van der Waals surface area (Å²) in [6, 6.07) is 6.37. The van der Waals surface area contributed by atoms with Crippen molar-refractivity contribution in [2.45, 2.75) is 33.2 Å². The molecule has 0 spiro atoms. The first-order chi connectivity index (χ1) is 7.22. The molecule has 0 fully saturated rings. The van der Waals surface area contributed by atoms with Gasteiger partial charge in [-0.05, 0) is 31.0 Å². The van der Waals surface area contributed by atoms with E-state index in [-0.39, 0.29) is 11.9 Å². The van der Waals surface area contributed by atoms with Crippen LogP contribution in [0.3, 0.4) is 0 Å². The monoisotopic (exact) mass is 211 g/mol. The molecule has 84 valence electrons. The van der Waals surface area contributed by atoms with Crippen LogP contribution in [0.1, 0.15) is 26.3 Å². The number of halogens is 1. The second-order valence-corrected chi connectivity index (χ2v) is 3.02. The summed E-state index contributed by atoms with van der Waals surface area (Å²) in [5.74, 6) is -0.236. The molecule has 0 aliphatic rings. The van der Waals surface area contributed by atoms with Gasteiger partial charge in [0.25, 0.3) is 0 Å². The number of hydrogen-bond acceptors (Lipinski definition) is 1. The summed E-state index contributed by atoms with van der Waals surface area (Å²) in [7, 11) is 0. The Morgan fingerprint density at radius 2 is 1.87 bits per heavy atom. The zero-order chi connectivity index (χ0) is 11.7. The van der Waals surface area contributed by atoms with E-state index in [4.69, 9.17) is 0 Å². The molecular formula is C12H18FNO. The molecule has 0 bridgehead atoms. The number of carbonyl (C=O) groups is 1. The molecule has 1 N–H and O–H groups in total. The van der Waals surface area contributed by atoms with Crippen molar-refractivity contribution in [3.63, 3.8) is 0 Å². The van der Waals surface area contributed by atoms with Crippen LogP contribution < -0.4 is 5.32 Å². The Morgan fingerprint density at radius 1 is 1.33 bits per heavy atom. The summed E-state index contributed by atoms with van der Waals surface area (Å²) in [5.41, 5.74) is 1.02. The predicted octanol–water partition coefficient (Wildman–Crippen LogP) is 2.53. The maximum absolute atomic E-state index is 12.5. The van der Waals surface area contributed by atoms with E-state index in [1.165, 1.54) is 12.1 Å². The van der Waals surface area contributed by atoms with Crippen molar-refractivity contribution in [1.29, 1.82) is 0 Å². The van der Waals surface area contributed by atoms with Crippen molar-refractivity contribution >= 4 is 6.41 Å². The normalized spacial score (nSPS) is 10.9. The third-order valence-electron chi connectivity index (χ3n) is 1.81. The topological polar surface area (TPSA) is 29.1 Å². The Morgan fingerprint density at radius 3 is 2.33 bits per heavy atom. The first-order valence-corrected chi connectivity index (χ1v) is 5.16. The average Bonchev–Trinajstić information content (AvgIpc) is 2.25. The maximum Gasteiger partial charge on any atom is 0.207 e. The number of amides is 1. The largest absolute Gasteiger partial charge is 0.356 e. The van der Waals surface area contributed by atoms with E-state index in [1.807, 2.05) is 20.8 Å². The maximum atomic E-state index is 12.5. The molecule has 0 saturated carbocycles. The fourth-order valence-corrected chi connectivity index (χ4v) is 1.15. The molecule has 1 aromatic rings. The van der Waals surface area contributed by atoms with Gasteiger partial charge in [-0.3, -0.25) is 4.79 Å². The fraction of sp³-hybridized carbons (Fsp3) is 0.417. The minimum Gasteiger partial charge on any atom is -0.356 e. The van der Waals surface area contributed by atoms with Gasteiger partial charge in [-0.1, -0.05) is 26.0 Å². The third-order valence-corrected chi connectivity index (χ3v) is 1.81. The molecule has 1 aromatic carbocycles. The van der Waals surface area contributed by atoms with Crippen LogP contribution in [-0.2, 0) is 11.2 Å². The highest BCUT2D eigenvalue weighted by Crippen LogP contribution is 2.05. The summed E-state index contributed by atoms with van der Waals surface area (Å²) < 4.78 is 12.5. The quantitative estimate of drug-likeness (QED) is 0.762. The third kappa shape index (κ3) is 5.83. The van der Waals surface area contributed by atoms with Crippen LogP contribution in [0, 0.1) is 5.82 Å². The van der Waals surface area contributed by atoms with E-state index in [1.54, 1.807) is 12.1 Å². The molecule has 15 heavy (non-hydrogen) atoms. The molecule has 0 radical (unpaired) electrons. The molecule has 0 saturated heterocycles. The van der Waals surface area contributed by atoms with Crippen molar-refractivity contribution in [3.8, 4) is 0 Å². The van der Waals surface area contributed by atoms with Crippen LogP contribution in [0.25, 0.3) is 0 Å². The first kappa shape index (κ1) is 13.6. The van der Waals surface area contributed by atoms with Gasteiger partial charge < -0.3 is 5.32 Å². The standard InChI is InChI=1S/C10H12FNO.C2H6/c1-8(12-7-13)6-9-2-4-10(11)5-3-9;1-2/h2-5,7-8H,6H2,1H3,(H,12,13);1-2H3. The van der Waals surface area contributed by atoms with Gasteiger partial charge in [0, 0.05) is 6.04 Å². The minimum atomic E-state index is -0.236. The Kier molecular flexibility index (Phi) is 7.24. The number of carbonyl (C=O) groups excluding carboxylic acids is 1. The smallest absolute Gasteiger partial charge is 0.207 e. The van der Waals surface area contributed by atoms with Gasteiger partial charge in [-0.15, -0.1) is 0 Å². The highest BCUT2D eigenvalue weighted by atomic mass is 19.1. The van der Waals surface area contributed by atoms with Crippen molar-refractivity contribution in [3.05, 3.63) is 35.6 Å². The van der Waals surface area contributed by atoms with Crippen LogP contribution >= 0.6 is 0 Å². The number of nitrogens with one attached hydrogen (secondary N) is 1. The van der Waals surface area contributed by atoms with Gasteiger partial charge in [-0.2, -0.15) is 0 Å². The zero-order valence-corrected chi connectivity index (χ0v) is 9.46. The molecule has 0 aliphatic heterocycles. The Balaban J connectivity index is 0.000000921. The lowest BCUT2D eigenvalue weighted by Crippen LogP contribution is -2.26. The summed E-state index contributed by atoms with van der Waals surface area (Å²) in [6.45, 7) is 5.90. The van der Waals surface area contributed by atoms with Crippen molar-refractivity contribution in [2.24, 2.45) is 0 Å². The van der Waals surface area contributed by atoms with E-state index in [0.717, 1.165) is 12.0 Å². The zero-order valence-electron chi connectivity index (χ0n) is 9.46. The molecule has 3 heteroatoms. The van der Waals surface area contributed by atoms with E-state index in [2.05, 4.69) is 5.32 Å². The average molecular weight is 211 g/mol. The highest BCUT2D eigenvalue weighted by molar-refractivity contribution is 5.46. The number of hydrogen-bond donors (Lipinski definition) is 1. The predicted molar refractivity (Wildman–Crippen MR) is 60.1 cm³/mol. The molecule has 1 atom stereocenters. The Hall–Kier alpha value is -1.38. The summed E-state index contributed by atoms with van der Waals surface area (Å²) in [4.78, 5) is 10.1. The summed E-state index contributed by atoms with van der Waals surface area (Å²) >= 11 is 0. The minimum absolute atomic E-state index is 0.0861.